The van der Waals surface area contributed by atoms with Crippen LogP contribution in [0.1, 0.15) is 11.1 Å². The molecule has 0 amide bonds. The fourth-order valence-electron chi connectivity index (χ4n) is 1.50. The molecule has 0 spiro atoms. The van der Waals surface area contributed by atoms with Crippen LogP contribution in [0.2, 0.25) is 0 Å². The van der Waals surface area contributed by atoms with Crippen molar-refractivity contribution in [1.82, 2.24) is 15.0 Å². The van der Waals surface area contributed by atoms with E-state index >= 15 is 0 Å². The van der Waals surface area contributed by atoms with Gasteiger partial charge < -0.3 is 14.8 Å². The minimum absolute atomic E-state index is 0.199. The van der Waals surface area contributed by atoms with Gasteiger partial charge in [0.2, 0.25) is 5.95 Å². The van der Waals surface area contributed by atoms with E-state index in [2.05, 4.69) is 20.3 Å². The summed E-state index contributed by atoms with van der Waals surface area (Å²) in [6.07, 6.45) is 0. The summed E-state index contributed by atoms with van der Waals surface area (Å²) in [5.41, 5.74) is 2.12. The molecule has 19 heavy (non-hydrogen) atoms. The zero-order valence-corrected chi connectivity index (χ0v) is 11.4. The first-order valence-corrected chi connectivity index (χ1v) is 5.85. The predicted octanol–water partition coefficient (Wildman–Crippen LogP) is 2.33. The number of nitrogens with zero attached hydrogens (tertiary/aromatic N) is 3. The van der Waals surface area contributed by atoms with Gasteiger partial charge in [-0.3, -0.25) is 0 Å². The normalized spacial score (nSPS) is 10.1. The van der Waals surface area contributed by atoms with Crippen molar-refractivity contribution in [3.8, 4) is 17.8 Å². The Morgan fingerprint density at radius 2 is 1.79 bits per heavy atom. The van der Waals surface area contributed by atoms with Gasteiger partial charge in [-0.25, -0.2) is 0 Å². The van der Waals surface area contributed by atoms with E-state index in [1.54, 1.807) is 7.05 Å². The van der Waals surface area contributed by atoms with Gasteiger partial charge in [-0.1, -0.05) is 12.1 Å². The summed E-state index contributed by atoms with van der Waals surface area (Å²) in [5.74, 6) is 1.11. The average molecular weight is 260 g/mol. The summed E-state index contributed by atoms with van der Waals surface area (Å²) >= 11 is 0. The van der Waals surface area contributed by atoms with Crippen molar-refractivity contribution in [1.29, 1.82) is 0 Å². The molecule has 0 aliphatic carbocycles. The van der Waals surface area contributed by atoms with Gasteiger partial charge in [0.25, 0.3) is 0 Å². The van der Waals surface area contributed by atoms with Crippen LogP contribution in [0.5, 0.6) is 17.8 Å². The summed E-state index contributed by atoms with van der Waals surface area (Å²) < 4.78 is 10.7. The fourth-order valence-corrected chi connectivity index (χ4v) is 1.50. The van der Waals surface area contributed by atoms with Crippen LogP contribution in [-0.2, 0) is 0 Å². The highest BCUT2D eigenvalue weighted by Crippen LogP contribution is 2.25. The third-order valence-electron chi connectivity index (χ3n) is 2.55. The predicted molar refractivity (Wildman–Crippen MR) is 71.9 cm³/mol. The summed E-state index contributed by atoms with van der Waals surface area (Å²) in [6, 6.07) is 6.35. The molecule has 0 radical (unpaired) electrons. The number of ether oxygens (including phenoxy) is 2. The highest BCUT2D eigenvalue weighted by Gasteiger charge is 2.09. The van der Waals surface area contributed by atoms with Crippen LogP contribution in [0.15, 0.2) is 18.2 Å². The maximum Gasteiger partial charge on any atom is 0.330 e. The molecule has 0 atom stereocenters. The summed E-state index contributed by atoms with van der Waals surface area (Å²) in [7, 11) is 3.22. The van der Waals surface area contributed by atoms with Gasteiger partial charge in [0.05, 0.1) is 7.11 Å². The third kappa shape index (κ3) is 3.09. The van der Waals surface area contributed by atoms with Crippen molar-refractivity contribution in [3.63, 3.8) is 0 Å². The number of methoxy groups -OCH3 is 1. The minimum Gasteiger partial charge on any atom is -0.467 e. The topological polar surface area (TPSA) is 69.2 Å². The van der Waals surface area contributed by atoms with Crippen molar-refractivity contribution in [2.45, 2.75) is 13.8 Å². The van der Waals surface area contributed by atoms with E-state index < -0.39 is 0 Å². The second-order valence-corrected chi connectivity index (χ2v) is 4.05. The molecule has 0 saturated heterocycles. The molecule has 6 heteroatoms. The highest BCUT2D eigenvalue weighted by atomic mass is 16.5. The van der Waals surface area contributed by atoms with Crippen LogP contribution in [0, 0.1) is 13.8 Å². The Bertz CT molecular complexity index is 565. The second-order valence-electron chi connectivity index (χ2n) is 4.05. The first-order valence-electron chi connectivity index (χ1n) is 5.85. The monoisotopic (exact) mass is 260 g/mol. The van der Waals surface area contributed by atoms with Crippen LogP contribution in [0.25, 0.3) is 0 Å². The smallest absolute Gasteiger partial charge is 0.330 e. The van der Waals surface area contributed by atoms with E-state index in [1.807, 2.05) is 32.0 Å². The molecule has 2 rings (SSSR count). The van der Waals surface area contributed by atoms with Gasteiger partial charge in [-0.05, 0) is 31.0 Å². The summed E-state index contributed by atoms with van der Waals surface area (Å²) in [4.78, 5) is 12.2. The molecule has 100 valence electrons. The van der Waals surface area contributed by atoms with E-state index in [-0.39, 0.29) is 12.0 Å². The largest absolute Gasteiger partial charge is 0.467 e. The number of rotatable bonds is 4. The molecule has 0 unspecified atom stereocenters. The maximum atomic E-state index is 5.69. The molecule has 2 aromatic rings. The van der Waals surface area contributed by atoms with Gasteiger partial charge in [0.15, 0.2) is 0 Å². The van der Waals surface area contributed by atoms with Crippen molar-refractivity contribution < 1.29 is 9.47 Å². The van der Waals surface area contributed by atoms with Gasteiger partial charge in [-0.15, -0.1) is 4.98 Å². The summed E-state index contributed by atoms with van der Waals surface area (Å²) in [6.45, 7) is 3.96. The fraction of sp³-hybridized carbons (Fsp3) is 0.308. The average Bonchev–Trinajstić information content (AvgIpc) is 2.42. The highest BCUT2D eigenvalue weighted by molar-refractivity contribution is 5.38. The van der Waals surface area contributed by atoms with E-state index in [1.165, 1.54) is 7.11 Å². The van der Waals surface area contributed by atoms with Gasteiger partial charge in [-0.2, -0.15) is 9.97 Å². The Hall–Kier alpha value is -2.37. The molecule has 1 aromatic heterocycles. The molecular formula is C13H16N4O2. The van der Waals surface area contributed by atoms with Crippen LogP contribution in [0.3, 0.4) is 0 Å². The zero-order chi connectivity index (χ0) is 13.8. The van der Waals surface area contributed by atoms with E-state index in [9.17, 15) is 0 Å². The number of anilines is 1. The second kappa shape index (κ2) is 5.51. The van der Waals surface area contributed by atoms with Crippen LogP contribution >= 0.6 is 0 Å². The number of nitrogens with one attached hydrogen (secondary N) is 1. The van der Waals surface area contributed by atoms with Crippen molar-refractivity contribution >= 4 is 5.95 Å². The first-order chi connectivity index (χ1) is 9.12. The Morgan fingerprint density at radius 3 is 2.47 bits per heavy atom. The lowest BCUT2D eigenvalue weighted by Gasteiger charge is -2.09. The number of benzene rings is 1. The Kier molecular flexibility index (Phi) is 3.79. The third-order valence-corrected chi connectivity index (χ3v) is 2.55. The maximum absolute atomic E-state index is 5.69. The molecular weight excluding hydrogens is 244 g/mol. The molecule has 1 aromatic carbocycles. The molecule has 1 heterocycles. The SMILES string of the molecule is CNc1nc(OC)nc(Oc2cc(C)ccc2C)n1. The molecule has 0 bridgehead atoms. The van der Waals surface area contributed by atoms with E-state index in [4.69, 9.17) is 9.47 Å². The van der Waals surface area contributed by atoms with Crippen LogP contribution in [-0.4, -0.2) is 29.1 Å². The molecule has 1 N–H and O–H groups in total. The zero-order valence-electron chi connectivity index (χ0n) is 11.4. The van der Waals surface area contributed by atoms with Gasteiger partial charge in [0.1, 0.15) is 5.75 Å². The minimum atomic E-state index is 0.199. The molecule has 6 nitrogen and oxygen atoms in total. The molecule has 0 aliphatic rings. The molecule has 0 saturated carbocycles. The lowest BCUT2D eigenvalue weighted by molar-refractivity contribution is 0.359. The lowest BCUT2D eigenvalue weighted by Crippen LogP contribution is -2.03. The van der Waals surface area contributed by atoms with Crippen molar-refractivity contribution in [3.05, 3.63) is 29.3 Å². The Balaban J connectivity index is 2.34. The van der Waals surface area contributed by atoms with Gasteiger partial charge in [0, 0.05) is 7.05 Å². The van der Waals surface area contributed by atoms with Crippen LogP contribution < -0.4 is 14.8 Å². The molecule has 0 fully saturated rings. The van der Waals surface area contributed by atoms with E-state index in [0.29, 0.717) is 5.95 Å². The van der Waals surface area contributed by atoms with Crippen molar-refractivity contribution in [2.75, 3.05) is 19.5 Å². The van der Waals surface area contributed by atoms with Crippen molar-refractivity contribution in [2.24, 2.45) is 0 Å². The standard InChI is InChI=1S/C13H16N4O2/c1-8-5-6-9(2)10(7-8)19-13-16-11(14-3)15-12(17-13)18-4/h5-7H,1-4H3,(H,14,15,16,17). The Morgan fingerprint density at radius 1 is 1.05 bits per heavy atom. The van der Waals surface area contributed by atoms with E-state index in [0.717, 1.165) is 16.9 Å². The number of aromatic nitrogens is 3. The quantitative estimate of drug-likeness (QED) is 0.909. The van der Waals surface area contributed by atoms with Gasteiger partial charge >= 0.3 is 12.0 Å². The van der Waals surface area contributed by atoms with Crippen LogP contribution in [0.4, 0.5) is 5.95 Å². The first kappa shape index (κ1) is 13.1. The number of aryl methyl sites for hydroxylation is 2. The molecule has 0 aliphatic heterocycles. The Labute approximate surface area is 111 Å². The summed E-state index contributed by atoms with van der Waals surface area (Å²) in [5, 5.41) is 2.83. The lowest BCUT2D eigenvalue weighted by atomic mass is 10.1. The number of hydrogen-bond acceptors (Lipinski definition) is 6. The number of hydrogen-bond donors (Lipinski definition) is 1.